The number of carbonyl (C=O) groups excluding carboxylic acids is 1. The average molecular weight is 219 g/mol. The number of ether oxygens (including phenoxy) is 1. The molecule has 4 N–H and O–H groups in total. The van der Waals surface area contributed by atoms with Gasteiger partial charge in [0.15, 0.2) is 0 Å². The van der Waals surface area contributed by atoms with E-state index in [0.717, 1.165) is 0 Å². The molecule has 1 amide bonds. The second-order valence-electron chi connectivity index (χ2n) is 4.69. The van der Waals surface area contributed by atoms with Crippen LogP contribution < -0.4 is 5.73 Å². The lowest BCUT2D eigenvalue weighted by Crippen LogP contribution is -2.37. The third-order valence-electron chi connectivity index (χ3n) is 2.14. The highest BCUT2D eigenvalue weighted by atomic mass is 16.5. The van der Waals surface area contributed by atoms with E-state index in [1.165, 1.54) is 0 Å². The molecule has 0 saturated carbocycles. The number of nitrogens with two attached hydrogens (primary N) is 1. The Labute approximate surface area is 90.2 Å². The summed E-state index contributed by atoms with van der Waals surface area (Å²) < 4.78 is 4.50. The molecule has 0 aliphatic carbocycles. The minimum Gasteiger partial charge on any atom is -0.450 e. The number of primary amides is 1. The van der Waals surface area contributed by atoms with Gasteiger partial charge in [0.2, 0.25) is 0 Å². The molecule has 0 aliphatic heterocycles. The van der Waals surface area contributed by atoms with Crippen molar-refractivity contribution >= 4 is 6.09 Å². The third-order valence-corrected chi connectivity index (χ3v) is 2.14. The van der Waals surface area contributed by atoms with Gasteiger partial charge in [-0.1, -0.05) is 20.8 Å². The van der Waals surface area contributed by atoms with E-state index in [-0.39, 0.29) is 12.0 Å². The van der Waals surface area contributed by atoms with Gasteiger partial charge in [-0.3, -0.25) is 0 Å². The van der Waals surface area contributed by atoms with E-state index in [1.807, 2.05) is 20.8 Å². The lowest BCUT2D eigenvalue weighted by atomic mass is 9.84. The average Bonchev–Trinajstić information content (AvgIpc) is 2.09. The van der Waals surface area contributed by atoms with Crippen molar-refractivity contribution in [3.05, 3.63) is 0 Å². The van der Waals surface area contributed by atoms with Crippen molar-refractivity contribution in [2.24, 2.45) is 11.1 Å². The first-order valence-corrected chi connectivity index (χ1v) is 5.03. The molecule has 0 radical (unpaired) electrons. The van der Waals surface area contributed by atoms with E-state index in [0.29, 0.717) is 12.8 Å². The summed E-state index contributed by atoms with van der Waals surface area (Å²) in [7, 11) is 0. The molecule has 0 unspecified atom stereocenters. The van der Waals surface area contributed by atoms with Crippen molar-refractivity contribution in [1.29, 1.82) is 0 Å². The van der Waals surface area contributed by atoms with Gasteiger partial charge in [0, 0.05) is 0 Å². The first-order valence-electron chi connectivity index (χ1n) is 5.03. The predicted molar refractivity (Wildman–Crippen MR) is 56.2 cm³/mol. The van der Waals surface area contributed by atoms with Crippen LogP contribution in [0.15, 0.2) is 0 Å². The number of hydrogen-bond donors (Lipinski definition) is 3. The molecule has 0 spiro atoms. The highest BCUT2D eigenvalue weighted by molar-refractivity contribution is 5.64. The molecule has 15 heavy (non-hydrogen) atoms. The van der Waals surface area contributed by atoms with Crippen LogP contribution in [0, 0.1) is 5.41 Å². The van der Waals surface area contributed by atoms with Crippen molar-refractivity contribution in [2.75, 3.05) is 6.61 Å². The molecule has 2 atom stereocenters. The summed E-state index contributed by atoms with van der Waals surface area (Å²) in [6.07, 6.45) is -1.54. The van der Waals surface area contributed by atoms with E-state index >= 15 is 0 Å². The van der Waals surface area contributed by atoms with Crippen LogP contribution in [0.4, 0.5) is 4.79 Å². The molecule has 0 rings (SSSR count). The SMILES string of the molecule is CC(C)(C)[C@@H](O)[C@H](O)CCCOC(N)=O. The third kappa shape index (κ3) is 6.30. The Morgan fingerprint density at radius 2 is 1.93 bits per heavy atom. The molecule has 0 bridgehead atoms. The molecule has 0 fully saturated rings. The number of carbonyl (C=O) groups is 1. The zero-order chi connectivity index (χ0) is 12.1. The van der Waals surface area contributed by atoms with Gasteiger partial charge in [-0.15, -0.1) is 0 Å². The molecule has 0 aromatic carbocycles. The number of aliphatic hydroxyl groups is 2. The van der Waals surface area contributed by atoms with Crippen LogP contribution in [0.3, 0.4) is 0 Å². The number of aliphatic hydroxyl groups excluding tert-OH is 2. The van der Waals surface area contributed by atoms with Crippen molar-refractivity contribution in [3.8, 4) is 0 Å². The predicted octanol–water partition coefficient (Wildman–Crippen LogP) is 0.630. The molecule has 0 aromatic heterocycles. The van der Waals surface area contributed by atoms with Gasteiger partial charge in [0.25, 0.3) is 0 Å². The van der Waals surface area contributed by atoms with Crippen LogP contribution in [0.25, 0.3) is 0 Å². The van der Waals surface area contributed by atoms with E-state index in [9.17, 15) is 15.0 Å². The van der Waals surface area contributed by atoms with Crippen molar-refractivity contribution < 1.29 is 19.7 Å². The summed E-state index contributed by atoms with van der Waals surface area (Å²) in [5.41, 5.74) is 4.41. The van der Waals surface area contributed by atoms with Crippen molar-refractivity contribution in [1.82, 2.24) is 0 Å². The van der Waals surface area contributed by atoms with Gasteiger partial charge in [0.05, 0.1) is 18.8 Å². The molecule has 0 aliphatic rings. The van der Waals surface area contributed by atoms with Gasteiger partial charge in [-0.05, 0) is 18.3 Å². The maximum absolute atomic E-state index is 10.2. The van der Waals surface area contributed by atoms with Crippen LogP contribution in [0.5, 0.6) is 0 Å². The van der Waals surface area contributed by atoms with Crippen LogP contribution in [-0.4, -0.2) is 35.1 Å². The largest absolute Gasteiger partial charge is 0.450 e. The fourth-order valence-corrected chi connectivity index (χ4v) is 1.20. The van der Waals surface area contributed by atoms with Gasteiger partial charge >= 0.3 is 6.09 Å². The first-order chi connectivity index (χ1) is 6.75. The summed E-state index contributed by atoms with van der Waals surface area (Å²) in [5.74, 6) is 0. The van der Waals surface area contributed by atoms with Gasteiger partial charge in [-0.25, -0.2) is 4.79 Å². The minimum absolute atomic E-state index is 0.170. The standard InChI is InChI=1S/C10H21NO4/c1-10(2,3)8(13)7(12)5-4-6-15-9(11)14/h7-8,12-13H,4-6H2,1-3H3,(H2,11,14)/t7-,8+/m1/s1. The Morgan fingerprint density at radius 1 is 1.40 bits per heavy atom. The quantitative estimate of drug-likeness (QED) is 0.591. The smallest absolute Gasteiger partial charge is 0.404 e. The highest BCUT2D eigenvalue weighted by Crippen LogP contribution is 2.23. The summed E-state index contributed by atoms with van der Waals surface area (Å²) in [4.78, 5) is 10.2. The highest BCUT2D eigenvalue weighted by Gasteiger charge is 2.28. The van der Waals surface area contributed by atoms with E-state index in [2.05, 4.69) is 4.74 Å². The molecule has 90 valence electrons. The molecular formula is C10H21NO4. The summed E-state index contributed by atoms with van der Waals surface area (Å²) in [6, 6.07) is 0. The molecule has 0 aromatic rings. The summed E-state index contributed by atoms with van der Waals surface area (Å²) in [5, 5.41) is 19.3. The molecule has 0 saturated heterocycles. The Morgan fingerprint density at radius 3 is 2.33 bits per heavy atom. The molecular weight excluding hydrogens is 198 g/mol. The fourth-order valence-electron chi connectivity index (χ4n) is 1.20. The van der Waals surface area contributed by atoms with Crippen molar-refractivity contribution in [3.63, 3.8) is 0 Å². The lowest BCUT2D eigenvalue weighted by molar-refractivity contribution is -0.0493. The van der Waals surface area contributed by atoms with Crippen molar-refractivity contribution in [2.45, 2.75) is 45.8 Å². The first kappa shape index (κ1) is 14.2. The van der Waals surface area contributed by atoms with Crippen LogP contribution in [-0.2, 0) is 4.74 Å². The Bertz CT molecular complexity index is 200. The summed E-state index contributed by atoms with van der Waals surface area (Å²) >= 11 is 0. The monoisotopic (exact) mass is 219 g/mol. The van der Waals surface area contributed by atoms with Gasteiger partial charge in [0.1, 0.15) is 0 Å². The zero-order valence-electron chi connectivity index (χ0n) is 9.56. The summed E-state index contributed by atoms with van der Waals surface area (Å²) in [6.45, 7) is 5.71. The minimum atomic E-state index is -0.819. The van der Waals surface area contributed by atoms with E-state index in [1.54, 1.807) is 0 Å². The Hall–Kier alpha value is -0.810. The Balaban J connectivity index is 3.74. The normalized spacial score (nSPS) is 15.8. The second kappa shape index (κ2) is 5.92. The fraction of sp³-hybridized carbons (Fsp3) is 0.900. The van der Waals surface area contributed by atoms with E-state index in [4.69, 9.17) is 5.73 Å². The van der Waals surface area contributed by atoms with Crippen LogP contribution in [0.1, 0.15) is 33.6 Å². The second-order valence-corrected chi connectivity index (χ2v) is 4.69. The zero-order valence-corrected chi connectivity index (χ0v) is 9.56. The maximum Gasteiger partial charge on any atom is 0.404 e. The number of amides is 1. The number of rotatable bonds is 5. The van der Waals surface area contributed by atoms with Crippen LogP contribution >= 0.6 is 0 Å². The lowest BCUT2D eigenvalue weighted by Gasteiger charge is -2.29. The topological polar surface area (TPSA) is 92.8 Å². The van der Waals surface area contributed by atoms with Gasteiger partial charge < -0.3 is 20.7 Å². The molecule has 5 nitrogen and oxygen atoms in total. The molecule has 0 heterocycles. The maximum atomic E-state index is 10.2. The number of hydrogen-bond acceptors (Lipinski definition) is 4. The van der Waals surface area contributed by atoms with Crippen LogP contribution in [0.2, 0.25) is 0 Å². The van der Waals surface area contributed by atoms with E-state index < -0.39 is 18.3 Å². The Kier molecular flexibility index (Phi) is 5.60. The molecule has 5 heteroatoms. The van der Waals surface area contributed by atoms with Gasteiger partial charge in [-0.2, -0.15) is 0 Å².